The predicted molar refractivity (Wildman–Crippen MR) is 150 cm³/mol. The Morgan fingerprint density at radius 3 is 2.61 bits per heavy atom. The molecule has 0 aromatic heterocycles. The normalized spacial score (nSPS) is 15.0. The third-order valence-electron chi connectivity index (χ3n) is 5.33. The molecule has 10 nitrogen and oxygen atoms in total. The number of allylic oxidation sites excluding steroid dienone is 1. The monoisotopic (exact) mass is 604 g/mol. The first kappa shape index (κ1) is 28.9. The molecule has 12 heteroatoms. The fourth-order valence-corrected chi connectivity index (χ4v) is 4.38. The minimum atomic E-state index is -0.618. The molecule has 1 heterocycles. The molecule has 38 heavy (non-hydrogen) atoms. The number of halogens is 1. The van der Waals surface area contributed by atoms with Gasteiger partial charge in [-0.3, -0.25) is 4.79 Å². The first-order valence-electron chi connectivity index (χ1n) is 11.8. The van der Waals surface area contributed by atoms with Gasteiger partial charge in [-0.1, -0.05) is 18.2 Å². The lowest BCUT2D eigenvalue weighted by molar-refractivity contribution is -0.139. The second kappa shape index (κ2) is 13.8. The van der Waals surface area contributed by atoms with Gasteiger partial charge in [0.15, 0.2) is 23.2 Å². The molecule has 0 radical (unpaired) electrons. The van der Waals surface area contributed by atoms with E-state index >= 15 is 0 Å². The van der Waals surface area contributed by atoms with Crippen LogP contribution in [0.15, 0.2) is 57.2 Å². The van der Waals surface area contributed by atoms with Crippen LogP contribution in [0.25, 0.3) is 0 Å². The highest BCUT2D eigenvalue weighted by molar-refractivity contribution is 9.10. The molecule has 0 fully saturated rings. The number of amides is 1. The molecule has 0 saturated carbocycles. The van der Waals surface area contributed by atoms with Gasteiger partial charge in [0.05, 0.1) is 38.2 Å². The molecule has 0 bridgehead atoms. The lowest BCUT2D eigenvalue weighted by Gasteiger charge is -2.30. The largest absolute Gasteiger partial charge is 0.493 e. The average Bonchev–Trinajstić information content (AvgIpc) is 2.88. The molecule has 3 rings (SSSR count). The van der Waals surface area contributed by atoms with Gasteiger partial charge in [0.2, 0.25) is 0 Å². The zero-order valence-electron chi connectivity index (χ0n) is 21.4. The van der Waals surface area contributed by atoms with Crippen molar-refractivity contribution in [2.45, 2.75) is 26.8 Å². The Bertz CT molecular complexity index is 1270. The molecule has 1 amide bonds. The Morgan fingerprint density at radius 1 is 1.13 bits per heavy atom. The number of hydrazone groups is 1. The van der Waals surface area contributed by atoms with E-state index in [2.05, 4.69) is 37.1 Å². The molecule has 0 spiro atoms. The lowest BCUT2D eigenvalue weighted by Crippen LogP contribution is -2.45. The molecule has 0 unspecified atom stereocenters. The van der Waals surface area contributed by atoms with Crippen molar-refractivity contribution in [3.05, 3.63) is 63.3 Å². The summed E-state index contributed by atoms with van der Waals surface area (Å²) in [6.07, 6.45) is 1.48. The third kappa shape index (κ3) is 7.23. The van der Waals surface area contributed by atoms with E-state index in [-0.39, 0.29) is 13.2 Å². The van der Waals surface area contributed by atoms with Crippen LogP contribution in [-0.4, -0.2) is 50.1 Å². The predicted octanol–water partition coefficient (Wildman–Crippen LogP) is 3.74. The molecular formula is C26H29BrN4O6S. The minimum Gasteiger partial charge on any atom is -0.493 e. The van der Waals surface area contributed by atoms with Gasteiger partial charge in [-0.25, -0.2) is 10.2 Å². The number of carbonyl (C=O) groups excluding carboxylic acids is 2. The van der Waals surface area contributed by atoms with Crippen molar-refractivity contribution in [3.63, 3.8) is 0 Å². The number of para-hydroxylation sites is 1. The zero-order valence-corrected chi connectivity index (χ0v) is 23.8. The maximum absolute atomic E-state index is 12.7. The molecule has 1 aliphatic heterocycles. The van der Waals surface area contributed by atoms with E-state index in [0.29, 0.717) is 51.4 Å². The van der Waals surface area contributed by atoms with Crippen LogP contribution in [0.2, 0.25) is 0 Å². The quantitative estimate of drug-likeness (QED) is 0.152. The Hall–Kier alpha value is -3.64. The van der Waals surface area contributed by atoms with Crippen molar-refractivity contribution in [3.8, 4) is 17.2 Å². The number of nitrogens with zero attached hydrogens (tertiary/aromatic N) is 1. The molecule has 1 aliphatic rings. The van der Waals surface area contributed by atoms with Gasteiger partial charge in [0.25, 0.3) is 5.91 Å². The van der Waals surface area contributed by atoms with Crippen LogP contribution in [0, 0.1) is 0 Å². The summed E-state index contributed by atoms with van der Waals surface area (Å²) in [6, 6.07) is 9.97. The number of rotatable bonds is 11. The van der Waals surface area contributed by atoms with E-state index < -0.39 is 17.9 Å². The first-order valence-corrected chi connectivity index (χ1v) is 13.0. The third-order valence-corrected chi connectivity index (χ3v) is 6.24. The summed E-state index contributed by atoms with van der Waals surface area (Å²) in [5, 5.41) is 10.4. The summed E-state index contributed by atoms with van der Waals surface area (Å²) < 4.78 is 22.7. The van der Waals surface area contributed by atoms with Crippen LogP contribution >= 0.6 is 28.1 Å². The van der Waals surface area contributed by atoms with E-state index in [9.17, 15) is 9.59 Å². The van der Waals surface area contributed by atoms with Crippen molar-refractivity contribution in [2.75, 3.05) is 26.9 Å². The van der Waals surface area contributed by atoms with E-state index in [1.54, 1.807) is 57.4 Å². The average molecular weight is 606 g/mol. The van der Waals surface area contributed by atoms with Gasteiger partial charge in [-0.15, -0.1) is 0 Å². The maximum Gasteiger partial charge on any atom is 0.338 e. The van der Waals surface area contributed by atoms with Gasteiger partial charge < -0.3 is 29.6 Å². The van der Waals surface area contributed by atoms with E-state index in [0.717, 1.165) is 4.47 Å². The number of benzene rings is 2. The van der Waals surface area contributed by atoms with Gasteiger partial charge in [0, 0.05) is 21.3 Å². The number of esters is 1. The summed E-state index contributed by atoms with van der Waals surface area (Å²) in [4.78, 5) is 25.2. The Balaban J connectivity index is 1.71. The highest BCUT2D eigenvalue weighted by atomic mass is 79.9. The Kier molecular flexibility index (Phi) is 10.5. The molecule has 2 aromatic carbocycles. The fraction of sp³-hybridized carbons (Fsp3) is 0.308. The van der Waals surface area contributed by atoms with Crippen molar-refractivity contribution in [1.29, 1.82) is 0 Å². The summed E-state index contributed by atoms with van der Waals surface area (Å²) in [5.41, 5.74) is 4.71. The highest BCUT2D eigenvalue weighted by Crippen LogP contribution is 2.34. The second-order valence-electron chi connectivity index (χ2n) is 7.87. The number of methoxy groups -OCH3 is 1. The zero-order chi connectivity index (χ0) is 27.7. The number of carbonyl (C=O) groups is 2. The number of hydrogen-bond donors (Lipinski definition) is 3. The van der Waals surface area contributed by atoms with Crippen molar-refractivity contribution >= 4 is 51.4 Å². The first-order chi connectivity index (χ1) is 18.3. The van der Waals surface area contributed by atoms with Crippen LogP contribution < -0.4 is 30.3 Å². The van der Waals surface area contributed by atoms with Crippen LogP contribution in [0.4, 0.5) is 0 Å². The Labute approximate surface area is 234 Å². The van der Waals surface area contributed by atoms with E-state index in [4.69, 9.17) is 31.2 Å². The molecule has 2 aromatic rings. The standard InChI is InChI=1S/C26H29BrN4O6S/c1-5-35-21-12-18(27)16(11-20(21)34-4)13-28-31-22(32)14-37-19-10-8-7-9-17(19)24-23(25(33)36-6-2)15(3)29-26(38)30-24/h7-13,24H,5-6,14H2,1-4H3,(H,31,32)(H2,29,30,38)/t24-/m0/s1. The topological polar surface area (TPSA) is 120 Å². The summed E-state index contributed by atoms with van der Waals surface area (Å²) in [6.45, 7) is 5.78. The summed E-state index contributed by atoms with van der Waals surface area (Å²) in [7, 11) is 1.54. The number of hydrogen-bond acceptors (Lipinski definition) is 8. The van der Waals surface area contributed by atoms with Crippen molar-refractivity contribution in [2.24, 2.45) is 5.10 Å². The highest BCUT2D eigenvalue weighted by Gasteiger charge is 2.32. The maximum atomic E-state index is 12.7. The van der Waals surface area contributed by atoms with Crippen LogP contribution in [-0.2, 0) is 14.3 Å². The van der Waals surface area contributed by atoms with Crippen LogP contribution in [0.1, 0.15) is 37.9 Å². The summed E-state index contributed by atoms with van der Waals surface area (Å²) in [5.74, 6) is 0.589. The van der Waals surface area contributed by atoms with Gasteiger partial charge in [0.1, 0.15) is 5.75 Å². The van der Waals surface area contributed by atoms with E-state index in [1.807, 2.05) is 6.92 Å². The SMILES string of the molecule is CCOC(=O)C1=C(C)NC(=S)N[C@H]1c1ccccc1OCC(=O)NN=Cc1cc(OC)c(OCC)cc1Br. The molecule has 0 aliphatic carbocycles. The number of thiocarbonyl (C=S) groups is 1. The Morgan fingerprint density at radius 2 is 1.89 bits per heavy atom. The molecule has 0 saturated heterocycles. The van der Waals surface area contributed by atoms with Crippen LogP contribution in [0.5, 0.6) is 17.2 Å². The molecule has 3 N–H and O–H groups in total. The van der Waals surface area contributed by atoms with Crippen molar-refractivity contribution < 1.29 is 28.5 Å². The smallest absolute Gasteiger partial charge is 0.338 e. The van der Waals surface area contributed by atoms with Gasteiger partial charge >= 0.3 is 5.97 Å². The van der Waals surface area contributed by atoms with Gasteiger partial charge in [-0.2, -0.15) is 5.10 Å². The van der Waals surface area contributed by atoms with Gasteiger partial charge in [-0.05, 0) is 67.1 Å². The lowest BCUT2D eigenvalue weighted by atomic mass is 9.95. The summed E-state index contributed by atoms with van der Waals surface area (Å²) >= 11 is 8.77. The minimum absolute atomic E-state index is 0.228. The number of nitrogens with one attached hydrogen (secondary N) is 3. The molecular weight excluding hydrogens is 576 g/mol. The number of ether oxygens (including phenoxy) is 4. The molecule has 202 valence electrons. The second-order valence-corrected chi connectivity index (χ2v) is 9.13. The van der Waals surface area contributed by atoms with E-state index in [1.165, 1.54) is 6.21 Å². The molecule has 1 atom stereocenters. The van der Waals surface area contributed by atoms with Crippen molar-refractivity contribution in [1.82, 2.24) is 16.1 Å². The fourth-order valence-electron chi connectivity index (χ4n) is 3.68. The van der Waals surface area contributed by atoms with Crippen LogP contribution in [0.3, 0.4) is 0 Å².